The van der Waals surface area contributed by atoms with Gasteiger partial charge in [-0.05, 0) is 58.7 Å². The van der Waals surface area contributed by atoms with Crippen LogP contribution in [0.4, 0.5) is 5.95 Å². The molecule has 0 radical (unpaired) electrons. The number of rotatable bonds is 4. The SMILES string of the molecule is CC(C)N1CCC(C(=O)N2CCC[C@@H](c3cc4nc(N(C)C)ncc4c(=O)[nH]3)C2)CC1. The van der Waals surface area contributed by atoms with Crippen LogP contribution in [0.2, 0.25) is 0 Å². The Morgan fingerprint density at radius 2 is 1.94 bits per heavy atom. The molecule has 0 bridgehead atoms. The maximum atomic E-state index is 13.2. The largest absolute Gasteiger partial charge is 0.347 e. The summed E-state index contributed by atoms with van der Waals surface area (Å²) in [6, 6.07) is 2.50. The second-order valence-electron chi connectivity index (χ2n) is 9.44. The van der Waals surface area contributed by atoms with Crippen LogP contribution in [0.1, 0.15) is 51.1 Å². The quantitative estimate of drug-likeness (QED) is 0.807. The highest BCUT2D eigenvalue weighted by Gasteiger charge is 2.32. The number of carbonyl (C=O) groups is 1. The fourth-order valence-corrected chi connectivity index (χ4v) is 4.84. The Morgan fingerprint density at radius 1 is 1.19 bits per heavy atom. The van der Waals surface area contributed by atoms with Gasteiger partial charge in [0.15, 0.2) is 0 Å². The molecule has 8 nitrogen and oxygen atoms in total. The van der Waals surface area contributed by atoms with Crippen molar-refractivity contribution >= 4 is 22.8 Å². The van der Waals surface area contributed by atoms with E-state index in [1.54, 1.807) is 6.20 Å². The molecule has 2 aliphatic heterocycles. The van der Waals surface area contributed by atoms with Crippen LogP contribution in [-0.2, 0) is 4.79 Å². The molecule has 2 fully saturated rings. The van der Waals surface area contributed by atoms with Gasteiger partial charge in [0.2, 0.25) is 11.9 Å². The molecule has 2 aliphatic rings. The van der Waals surface area contributed by atoms with Gasteiger partial charge in [-0.15, -0.1) is 0 Å². The number of likely N-dealkylation sites (tertiary alicyclic amines) is 2. The van der Waals surface area contributed by atoms with E-state index in [0.717, 1.165) is 51.0 Å². The zero-order valence-electron chi connectivity index (χ0n) is 19.1. The van der Waals surface area contributed by atoms with Crippen LogP contribution in [0.15, 0.2) is 17.1 Å². The van der Waals surface area contributed by atoms with Gasteiger partial charge in [0.25, 0.3) is 5.56 Å². The predicted molar refractivity (Wildman–Crippen MR) is 122 cm³/mol. The van der Waals surface area contributed by atoms with Gasteiger partial charge in [-0.3, -0.25) is 9.59 Å². The highest BCUT2D eigenvalue weighted by molar-refractivity contribution is 5.80. The minimum atomic E-state index is -0.165. The van der Waals surface area contributed by atoms with Crippen molar-refractivity contribution in [1.29, 1.82) is 0 Å². The molecule has 2 aromatic rings. The molecule has 1 amide bonds. The number of pyridine rings is 1. The fourth-order valence-electron chi connectivity index (χ4n) is 4.84. The van der Waals surface area contributed by atoms with Gasteiger partial charge in [-0.2, -0.15) is 0 Å². The lowest BCUT2D eigenvalue weighted by atomic mass is 9.90. The number of amides is 1. The first-order valence-corrected chi connectivity index (χ1v) is 11.4. The lowest BCUT2D eigenvalue weighted by Gasteiger charge is -2.38. The number of H-pyrrole nitrogens is 1. The molecule has 168 valence electrons. The minimum absolute atomic E-state index is 0.125. The number of hydrogen-bond donors (Lipinski definition) is 1. The van der Waals surface area contributed by atoms with E-state index in [0.29, 0.717) is 29.4 Å². The Labute approximate surface area is 183 Å². The summed E-state index contributed by atoms with van der Waals surface area (Å²) in [6.45, 7) is 7.90. The summed E-state index contributed by atoms with van der Waals surface area (Å²) in [7, 11) is 3.76. The third-order valence-corrected chi connectivity index (χ3v) is 6.78. The fraction of sp³-hybridized carbons (Fsp3) is 0.652. The summed E-state index contributed by atoms with van der Waals surface area (Å²) >= 11 is 0. The molecule has 31 heavy (non-hydrogen) atoms. The molecule has 1 N–H and O–H groups in total. The van der Waals surface area contributed by atoms with Gasteiger partial charge < -0.3 is 19.7 Å². The molecule has 8 heteroatoms. The standard InChI is InChI=1S/C23H34N6O2/c1-15(2)28-10-7-16(8-11-28)22(31)29-9-5-6-17(14-29)19-12-20-18(21(30)25-19)13-24-23(26-20)27(3)4/h12-13,15-17H,5-11,14H2,1-4H3,(H,25,30)/t17-/m1/s1. The first-order valence-electron chi connectivity index (χ1n) is 11.4. The second kappa shape index (κ2) is 8.94. The lowest BCUT2D eigenvalue weighted by Crippen LogP contribution is -2.47. The molecular weight excluding hydrogens is 392 g/mol. The van der Waals surface area contributed by atoms with Gasteiger partial charge in [-0.1, -0.05) is 0 Å². The lowest BCUT2D eigenvalue weighted by molar-refractivity contribution is -0.138. The molecule has 4 rings (SSSR count). The summed E-state index contributed by atoms with van der Waals surface area (Å²) in [5.41, 5.74) is 1.36. The maximum Gasteiger partial charge on any atom is 0.259 e. The Balaban J connectivity index is 1.50. The number of carbonyl (C=O) groups excluding carboxylic acids is 1. The summed E-state index contributed by atoms with van der Waals surface area (Å²) in [6.07, 6.45) is 5.38. The molecular formula is C23H34N6O2. The van der Waals surface area contributed by atoms with Crippen LogP contribution in [0.3, 0.4) is 0 Å². The van der Waals surface area contributed by atoms with E-state index < -0.39 is 0 Å². The van der Waals surface area contributed by atoms with E-state index in [-0.39, 0.29) is 23.3 Å². The van der Waals surface area contributed by atoms with Crippen LogP contribution in [0, 0.1) is 5.92 Å². The highest BCUT2D eigenvalue weighted by Crippen LogP contribution is 2.29. The van der Waals surface area contributed by atoms with Crippen molar-refractivity contribution in [1.82, 2.24) is 24.8 Å². The third kappa shape index (κ3) is 4.59. The second-order valence-corrected chi connectivity index (χ2v) is 9.44. The molecule has 2 saturated heterocycles. The van der Waals surface area contributed by atoms with E-state index in [4.69, 9.17) is 0 Å². The molecule has 0 spiro atoms. The molecule has 0 aliphatic carbocycles. The minimum Gasteiger partial charge on any atom is -0.347 e. The van der Waals surface area contributed by atoms with E-state index >= 15 is 0 Å². The van der Waals surface area contributed by atoms with Crippen LogP contribution >= 0.6 is 0 Å². The van der Waals surface area contributed by atoms with Crippen molar-refractivity contribution in [2.75, 3.05) is 45.2 Å². The molecule has 0 unspecified atom stereocenters. The summed E-state index contributed by atoms with van der Waals surface area (Å²) in [5, 5.41) is 0.495. The summed E-state index contributed by atoms with van der Waals surface area (Å²) in [4.78, 5) is 44.0. The number of aromatic amines is 1. The van der Waals surface area contributed by atoms with Crippen LogP contribution < -0.4 is 10.5 Å². The Hall–Kier alpha value is -2.48. The third-order valence-electron chi connectivity index (χ3n) is 6.78. The Bertz CT molecular complexity index is 993. The number of fused-ring (bicyclic) bond motifs is 1. The Kier molecular flexibility index (Phi) is 6.27. The van der Waals surface area contributed by atoms with Crippen LogP contribution in [0.25, 0.3) is 10.9 Å². The Morgan fingerprint density at radius 3 is 2.61 bits per heavy atom. The van der Waals surface area contributed by atoms with Crippen molar-refractivity contribution in [2.45, 2.75) is 51.5 Å². The van der Waals surface area contributed by atoms with Crippen molar-refractivity contribution in [3.63, 3.8) is 0 Å². The van der Waals surface area contributed by atoms with E-state index in [2.05, 4.69) is 33.7 Å². The molecule has 0 aromatic carbocycles. The van der Waals surface area contributed by atoms with Gasteiger partial charge >= 0.3 is 0 Å². The van der Waals surface area contributed by atoms with Gasteiger partial charge in [0, 0.05) is 57.0 Å². The highest BCUT2D eigenvalue weighted by atomic mass is 16.2. The summed E-state index contributed by atoms with van der Waals surface area (Å²) in [5.74, 6) is 1.12. The van der Waals surface area contributed by atoms with Crippen LogP contribution in [-0.4, -0.2) is 77.0 Å². The molecule has 2 aromatic heterocycles. The van der Waals surface area contributed by atoms with Gasteiger partial charge in [0.05, 0.1) is 10.9 Å². The molecule has 4 heterocycles. The van der Waals surface area contributed by atoms with Crippen molar-refractivity contribution < 1.29 is 4.79 Å². The maximum absolute atomic E-state index is 13.2. The summed E-state index contributed by atoms with van der Waals surface area (Å²) < 4.78 is 0. The van der Waals surface area contributed by atoms with Crippen LogP contribution in [0.5, 0.6) is 0 Å². The topological polar surface area (TPSA) is 85.4 Å². The number of piperidine rings is 2. The monoisotopic (exact) mass is 426 g/mol. The first kappa shape index (κ1) is 21.7. The smallest absolute Gasteiger partial charge is 0.259 e. The van der Waals surface area contributed by atoms with E-state index in [1.807, 2.05) is 30.0 Å². The first-order chi connectivity index (χ1) is 14.8. The van der Waals surface area contributed by atoms with E-state index in [1.165, 1.54) is 0 Å². The zero-order chi connectivity index (χ0) is 22.1. The average Bonchev–Trinajstić information content (AvgIpc) is 2.78. The average molecular weight is 427 g/mol. The normalized spacial score (nSPS) is 21.1. The van der Waals surface area contributed by atoms with Crippen molar-refractivity contribution in [2.24, 2.45) is 5.92 Å². The number of nitrogens with zero attached hydrogens (tertiary/aromatic N) is 5. The van der Waals surface area contributed by atoms with Gasteiger partial charge in [0.1, 0.15) is 0 Å². The van der Waals surface area contributed by atoms with Gasteiger partial charge in [-0.25, -0.2) is 9.97 Å². The molecule has 0 saturated carbocycles. The number of nitrogens with one attached hydrogen (secondary N) is 1. The molecule has 1 atom stereocenters. The number of anilines is 1. The number of hydrogen-bond acceptors (Lipinski definition) is 6. The number of aromatic nitrogens is 3. The van der Waals surface area contributed by atoms with Crippen molar-refractivity contribution in [3.05, 3.63) is 28.3 Å². The van der Waals surface area contributed by atoms with Crippen molar-refractivity contribution in [3.8, 4) is 0 Å². The van der Waals surface area contributed by atoms with E-state index in [9.17, 15) is 9.59 Å². The zero-order valence-corrected chi connectivity index (χ0v) is 19.1. The predicted octanol–water partition coefficient (Wildman–Crippen LogP) is 2.21.